The molecule has 0 spiro atoms. The van der Waals surface area contributed by atoms with Gasteiger partial charge in [-0.1, -0.05) is 61.7 Å². The Morgan fingerprint density at radius 1 is 1.28 bits per heavy atom. The third kappa shape index (κ3) is 7.01. The Kier molecular flexibility index (Phi) is 8.31. The number of nitrogens with one attached hydrogen (secondary N) is 1. The number of carbonyl (C=O) groups excluding carboxylic acids is 1. The van der Waals surface area contributed by atoms with E-state index in [0.29, 0.717) is 22.5 Å². The number of hydroxylamine groups is 1. The van der Waals surface area contributed by atoms with E-state index in [-0.39, 0.29) is 18.9 Å². The minimum Gasteiger partial charge on any atom is -0.485 e. The molecule has 0 radical (unpaired) electrons. The van der Waals surface area contributed by atoms with Gasteiger partial charge < -0.3 is 9.26 Å². The normalized spacial score (nSPS) is 15.8. The van der Waals surface area contributed by atoms with Crippen LogP contribution in [0.25, 0.3) is 0 Å². The Hall–Kier alpha value is -2.12. The van der Waals surface area contributed by atoms with Gasteiger partial charge in [0.25, 0.3) is 0 Å². The molecule has 2 N–H and O–H groups in total. The van der Waals surface area contributed by atoms with Gasteiger partial charge in [-0.25, -0.2) is 5.48 Å². The second-order valence-electron chi connectivity index (χ2n) is 7.66. The van der Waals surface area contributed by atoms with Crippen LogP contribution in [0.3, 0.4) is 0 Å². The van der Waals surface area contributed by atoms with Crippen LogP contribution in [0.1, 0.15) is 75.4 Å². The van der Waals surface area contributed by atoms with Crippen molar-refractivity contribution in [1.29, 1.82) is 0 Å². The molecule has 1 saturated carbocycles. The maximum Gasteiger partial charge on any atom is 0.244 e. The number of halogens is 1. The van der Waals surface area contributed by atoms with Gasteiger partial charge >= 0.3 is 0 Å². The molecule has 0 saturated heterocycles. The summed E-state index contributed by atoms with van der Waals surface area (Å²) < 4.78 is 11.0. The van der Waals surface area contributed by atoms with Crippen molar-refractivity contribution in [2.24, 2.45) is 5.92 Å². The van der Waals surface area contributed by atoms with Gasteiger partial charge in [0.2, 0.25) is 17.6 Å². The number of benzene rings is 1. The smallest absolute Gasteiger partial charge is 0.244 e. The predicted molar refractivity (Wildman–Crippen MR) is 108 cm³/mol. The molecule has 0 bridgehead atoms. The SMILES string of the molecule is O=C(C[C@@H](CCCC1CCCCC1)c1nc(COc2ccc(Cl)cc2)no1)NO. The fourth-order valence-electron chi connectivity index (χ4n) is 3.88. The van der Waals surface area contributed by atoms with Crippen LogP contribution in [-0.4, -0.2) is 21.3 Å². The molecule has 1 heterocycles. The first kappa shape index (κ1) is 21.6. The van der Waals surface area contributed by atoms with E-state index >= 15 is 0 Å². The van der Waals surface area contributed by atoms with Crippen molar-refractivity contribution in [3.63, 3.8) is 0 Å². The van der Waals surface area contributed by atoms with Crippen LogP contribution in [0.15, 0.2) is 28.8 Å². The highest BCUT2D eigenvalue weighted by Crippen LogP contribution is 2.31. The third-order valence-electron chi connectivity index (χ3n) is 5.46. The summed E-state index contributed by atoms with van der Waals surface area (Å²) in [5.41, 5.74) is 1.70. The van der Waals surface area contributed by atoms with Gasteiger partial charge in [-0.2, -0.15) is 4.98 Å². The minimum absolute atomic E-state index is 0.112. The van der Waals surface area contributed by atoms with E-state index in [1.54, 1.807) is 29.7 Å². The van der Waals surface area contributed by atoms with Gasteiger partial charge in [0, 0.05) is 17.4 Å². The Morgan fingerprint density at radius 2 is 2.03 bits per heavy atom. The molecule has 1 aliphatic carbocycles. The monoisotopic (exact) mass is 421 g/mol. The van der Waals surface area contributed by atoms with Crippen LogP contribution in [0.4, 0.5) is 0 Å². The quantitative estimate of drug-likeness (QED) is 0.412. The van der Waals surface area contributed by atoms with E-state index in [1.165, 1.54) is 32.1 Å². The lowest BCUT2D eigenvalue weighted by Gasteiger charge is -2.22. The van der Waals surface area contributed by atoms with Crippen molar-refractivity contribution in [3.8, 4) is 5.75 Å². The first-order valence-corrected chi connectivity index (χ1v) is 10.7. The summed E-state index contributed by atoms with van der Waals surface area (Å²) >= 11 is 5.87. The van der Waals surface area contributed by atoms with E-state index < -0.39 is 5.91 Å². The van der Waals surface area contributed by atoms with E-state index in [2.05, 4.69) is 10.1 Å². The molecule has 29 heavy (non-hydrogen) atoms. The van der Waals surface area contributed by atoms with Crippen LogP contribution in [0, 0.1) is 5.92 Å². The standard InChI is InChI=1S/C21H28ClN3O4/c22-17-9-11-18(12-10-17)28-14-19-23-21(29-25-19)16(13-20(26)24-27)8-4-7-15-5-2-1-3-6-15/h9-12,15-16,27H,1-8,13-14H2,(H,24,26)/t16-/m1/s1. The Morgan fingerprint density at radius 3 is 2.76 bits per heavy atom. The molecule has 8 heteroatoms. The number of hydrogen-bond donors (Lipinski definition) is 2. The Balaban J connectivity index is 1.54. The molecule has 1 aromatic carbocycles. The number of hydrogen-bond acceptors (Lipinski definition) is 6. The second kappa shape index (κ2) is 11.2. The molecule has 1 atom stereocenters. The van der Waals surface area contributed by atoms with Gasteiger partial charge in [0.15, 0.2) is 6.61 Å². The topological polar surface area (TPSA) is 97.5 Å². The highest BCUT2D eigenvalue weighted by molar-refractivity contribution is 6.30. The molecular formula is C21H28ClN3O4. The molecule has 158 valence electrons. The van der Waals surface area contributed by atoms with E-state index in [1.807, 2.05) is 0 Å². The summed E-state index contributed by atoms with van der Waals surface area (Å²) in [5.74, 6) is 1.59. The van der Waals surface area contributed by atoms with Gasteiger partial charge in [-0.15, -0.1) is 0 Å². The lowest BCUT2D eigenvalue weighted by Crippen LogP contribution is -2.21. The molecule has 2 aromatic rings. The lowest BCUT2D eigenvalue weighted by molar-refractivity contribution is -0.129. The number of aromatic nitrogens is 2. The van der Waals surface area contributed by atoms with Crippen LogP contribution in [0.2, 0.25) is 5.02 Å². The second-order valence-corrected chi connectivity index (χ2v) is 8.10. The summed E-state index contributed by atoms with van der Waals surface area (Å²) in [5, 5.41) is 13.5. The zero-order chi connectivity index (χ0) is 20.5. The summed E-state index contributed by atoms with van der Waals surface area (Å²) in [6, 6.07) is 7.02. The number of carbonyl (C=O) groups is 1. The van der Waals surface area contributed by atoms with Crippen LogP contribution >= 0.6 is 11.6 Å². The summed E-state index contributed by atoms with van der Waals surface area (Å²) in [6.45, 7) is 0.159. The fourth-order valence-corrected chi connectivity index (χ4v) is 4.01. The molecule has 1 fully saturated rings. The lowest BCUT2D eigenvalue weighted by atomic mass is 9.84. The maximum atomic E-state index is 11.7. The molecule has 1 aromatic heterocycles. The van der Waals surface area contributed by atoms with E-state index in [0.717, 1.165) is 25.2 Å². The molecule has 1 aliphatic rings. The zero-order valence-electron chi connectivity index (χ0n) is 16.5. The van der Waals surface area contributed by atoms with Crippen molar-refractivity contribution in [2.45, 2.75) is 70.3 Å². The summed E-state index contributed by atoms with van der Waals surface area (Å²) in [4.78, 5) is 16.1. The first-order valence-electron chi connectivity index (χ1n) is 10.3. The fraction of sp³-hybridized carbons (Fsp3) is 0.571. The Bertz CT molecular complexity index is 760. The molecule has 0 aliphatic heterocycles. The minimum atomic E-state index is -0.454. The van der Waals surface area contributed by atoms with Crippen molar-refractivity contribution in [2.75, 3.05) is 0 Å². The average Bonchev–Trinajstić information content (AvgIpc) is 3.22. The predicted octanol–water partition coefficient (Wildman–Crippen LogP) is 5.03. The largest absolute Gasteiger partial charge is 0.485 e. The van der Waals surface area contributed by atoms with E-state index in [4.69, 9.17) is 26.1 Å². The molecule has 7 nitrogen and oxygen atoms in total. The zero-order valence-corrected chi connectivity index (χ0v) is 17.2. The molecule has 3 rings (SSSR count). The molecule has 1 amide bonds. The summed E-state index contributed by atoms with van der Waals surface area (Å²) in [6.07, 6.45) is 9.61. The number of amides is 1. The van der Waals surface area contributed by atoms with Crippen LogP contribution < -0.4 is 10.2 Å². The summed E-state index contributed by atoms with van der Waals surface area (Å²) in [7, 11) is 0. The van der Waals surface area contributed by atoms with Crippen molar-refractivity contribution in [3.05, 3.63) is 41.0 Å². The van der Waals surface area contributed by atoms with Crippen molar-refractivity contribution in [1.82, 2.24) is 15.6 Å². The molecule has 0 unspecified atom stereocenters. The van der Waals surface area contributed by atoms with Crippen LogP contribution in [-0.2, 0) is 11.4 Å². The highest BCUT2D eigenvalue weighted by Gasteiger charge is 2.23. The molecular weight excluding hydrogens is 394 g/mol. The number of ether oxygens (including phenoxy) is 1. The highest BCUT2D eigenvalue weighted by atomic mass is 35.5. The number of rotatable bonds is 10. The van der Waals surface area contributed by atoms with Crippen molar-refractivity contribution < 1.29 is 19.3 Å². The third-order valence-corrected chi connectivity index (χ3v) is 5.71. The Labute approximate surface area is 175 Å². The van der Waals surface area contributed by atoms with Crippen LogP contribution in [0.5, 0.6) is 5.75 Å². The average molecular weight is 422 g/mol. The van der Waals surface area contributed by atoms with Gasteiger partial charge in [0.05, 0.1) is 0 Å². The van der Waals surface area contributed by atoms with Gasteiger partial charge in [-0.3, -0.25) is 10.0 Å². The van der Waals surface area contributed by atoms with Gasteiger partial charge in [0.1, 0.15) is 5.75 Å². The van der Waals surface area contributed by atoms with Crippen molar-refractivity contribution >= 4 is 17.5 Å². The first-order chi connectivity index (χ1) is 14.1. The van der Waals surface area contributed by atoms with Gasteiger partial charge in [-0.05, 0) is 36.6 Å². The maximum absolute atomic E-state index is 11.7. The number of nitrogens with zero attached hydrogens (tertiary/aromatic N) is 2. The van der Waals surface area contributed by atoms with E-state index in [9.17, 15) is 4.79 Å².